The second kappa shape index (κ2) is 9.64. The van der Waals surface area contributed by atoms with Gasteiger partial charge >= 0.3 is 0 Å². The molecule has 0 aliphatic carbocycles. The zero-order valence-corrected chi connectivity index (χ0v) is 19.7. The van der Waals surface area contributed by atoms with Crippen molar-refractivity contribution in [2.24, 2.45) is 0 Å². The van der Waals surface area contributed by atoms with Gasteiger partial charge in [-0.1, -0.05) is 24.3 Å². The first kappa shape index (κ1) is 22.7. The predicted octanol–water partition coefficient (Wildman–Crippen LogP) is 1.99. The summed E-state index contributed by atoms with van der Waals surface area (Å²) in [5.74, 6) is 0.294. The van der Waals surface area contributed by atoms with Gasteiger partial charge in [0.05, 0.1) is 39.4 Å². The molecule has 0 radical (unpaired) electrons. The molecule has 3 aliphatic rings. The Balaban J connectivity index is 1.51. The van der Waals surface area contributed by atoms with Gasteiger partial charge in [-0.15, -0.1) is 0 Å². The molecule has 3 aliphatic heterocycles. The van der Waals surface area contributed by atoms with Crippen LogP contribution in [0.5, 0.6) is 11.5 Å². The Morgan fingerprint density at radius 3 is 2.56 bits per heavy atom. The zero-order valence-electron chi connectivity index (χ0n) is 19.7. The summed E-state index contributed by atoms with van der Waals surface area (Å²) in [5, 5.41) is 3.15. The first-order valence-electron chi connectivity index (χ1n) is 11.8. The van der Waals surface area contributed by atoms with E-state index in [4.69, 9.17) is 14.2 Å². The first-order valence-corrected chi connectivity index (χ1v) is 11.8. The highest BCUT2D eigenvalue weighted by molar-refractivity contribution is 6.02. The fourth-order valence-corrected chi connectivity index (χ4v) is 5.40. The Hall–Kier alpha value is -3.10. The third kappa shape index (κ3) is 4.01. The molecule has 2 aromatic carbocycles. The van der Waals surface area contributed by atoms with Gasteiger partial charge < -0.3 is 24.4 Å². The van der Waals surface area contributed by atoms with Crippen molar-refractivity contribution in [3.05, 3.63) is 58.7 Å². The van der Waals surface area contributed by atoms with E-state index in [1.165, 1.54) is 5.56 Å². The number of fused-ring (bicyclic) bond motifs is 4. The van der Waals surface area contributed by atoms with Crippen LogP contribution in [0.25, 0.3) is 0 Å². The molecule has 2 amide bonds. The van der Waals surface area contributed by atoms with Crippen LogP contribution in [0.3, 0.4) is 0 Å². The number of amides is 2. The van der Waals surface area contributed by atoms with Crippen LogP contribution in [0.15, 0.2) is 36.4 Å². The molecular weight excluding hydrogens is 434 g/mol. The molecule has 0 spiro atoms. The van der Waals surface area contributed by atoms with Gasteiger partial charge in [0.2, 0.25) is 5.91 Å². The monoisotopic (exact) mass is 465 g/mol. The maximum absolute atomic E-state index is 13.8. The third-order valence-electron chi connectivity index (χ3n) is 7.14. The molecule has 8 nitrogen and oxygen atoms in total. The number of nitrogens with one attached hydrogen (secondary N) is 1. The molecule has 2 atom stereocenters. The zero-order chi connectivity index (χ0) is 23.7. The number of morpholine rings is 1. The Morgan fingerprint density at radius 1 is 1.06 bits per heavy atom. The molecule has 180 valence electrons. The van der Waals surface area contributed by atoms with Crippen LogP contribution >= 0.6 is 0 Å². The van der Waals surface area contributed by atoms with E-state index in [0.717, 1.165) is 44.8 Å². The molecule has 34 heavy (non-hydrogen) atoms. The number of nitrogens with zero attached hydrogens (tertiary/aromatic N) is 2. The van der Waals surface area contributed by atoms with Gasteiger partial charge in [0.25, 0.3) is 5.91 Å². The number of carbonyl (C=O) groups excluding carboxylic acids is 2. The number of hydrogen-bond donors (Lipinski definition) is 1. The van der Waals surface area contributed by atoms with Gasteiger partial charge in [-0.2, -0.15) is 0 Å². The van der Waals surface area contributed by atoms with Crippen LogP contribution in [-0.2, 0) is 16.0 Å². The average Bonchev–Trinajstić information content (AvgIpc) is 2.88. The molecule has 1 N–H and O–H groups in total. The average molecular weight is 466 g/mol. The minimum atomic E-state index is -0.543. The molecule has 0 bridgehead atoms. The fraction of sp³-hybridized carbons (Fsp3) is 0.462. The quantitative estimate of drug-likeness (QED) is 0.703. The Morgan fingerprint density at radius 2 is 1.79 bits per heavy atom. The van der Waals surface area contributed by atoms with E-state index in [-0.39, 0.29) is 17.9 Å². The van der Waals surface area contributed by atoms with Crippen molar-refractivity contribution in [1.82, 2.24) is 15.1 Å². The normalized spacial score (nSPS) is 21.8. The van der Waals surface area contributed by atoms with Crippen LogP contribution in [0.4, 0.5) is 0 Å². The van der Waals surface area contributed by atoms with Crippen LogP contribution < -0.4 is 14.8 Å². The summed E-state index contributed by atoms with van der Waals surface area (Å²) in [6, 6.07) is 11.3. The molecule has 8 heteroatoms. The van der Waals surface area contributed by atoms with Crippen molar-refractivity contribution in [3.8, 4) is 11.5 Å². The summed E-state index contributed by atoms with van der Waals surface area (Å²) in [6.07, 6.45) is 0.770. The van der Waals surface area contributed by atoms with E-state index in [0.29, 0.717) is 35.7 Å². The highest BCUT2D eigenvalue weighted by atomic mass is 16.5. The molecule has 1 saturated heterocycles. The maximum atomic E-state index is 13.8. The molecular formula is C26H31N3O5. The minimum absolute atomic E-state index is 0.0761. The lowest BCUT2D eigenvalue weighted by molar-refractivity contribution is -0.124. The smallest absolute Gasteiger partial charge is 0.254 e. The Kier molecular flexibility index (Phi) is 6.43. The van der Waals surface area contributed by atoms with E-state index >= 15 is 0 Å². The van der Waals surface area contributed by atoms with E-state index in [1.54, 1.807) is 26.4 Å². The van der Waals surface area contributed by atoms with E-state index in [9.17, 15) is 9.59 Å². The summed E-state index contributed by atoms with van der Waals surface area (Å²) >= 11 is 0. The Bertz CT molecular complexity index is 1080. The van der Waals surface area contributed by atoms with Crippen molar-refractivity contribution in [2.45, 2.75) is 18.4 Å². The second-order valence-electron chi connectivity index (χ2n) is 8.91. The van der Waals surface area contributed by atoms with E-state index < -0.39 is 5.92 Å². The highest BCUT2D eigenvalue weighted by Crippen LogP contribution is 2.48. The summed E-state index contributed by atoms with van der Waals surface area (Å²) in [5.41, 5.74) is 3.41. The van der Waals surface area contributed by atoms with Crippen molar-refractivity contribution in [2.75, 3.05) is 60.2 Å². The lowest BCUT2D eigenvalue weighted by atomic mass is 9.75. The van der Waals surface area contributed by atoms with Gasteiger partial charge in [0.15, 0.2) is 11.5 Å². The standard InChI is InChI=1S/C26H31N3O5/c1-32-21-15-19-20(16-22(21)33-2)26(31)29-9-7-17-5-3-4-6-18(17)24(29)23(19)25(30)27-8-10-28-11-13-34-14-12-28/h3-6,15-16,23-24H,7-14H2,1-2H3,(H,27,30)/t23-,24-/m0/s1. The maximum Gasteiger partial charge on any atom is 0.254 e. The van der Waals surface area contributed by atoms with Gasteiger partial charge in [0, 0.05) is 38.3 Å². The van der Waals surface area contributed by atoms with Gasteiger partial charge in [-0.25, -0.2) is 0 Å². The lowest BCUT2D eigenvalue weighted by Gasteiger charge is -2.45. The molecule has 0 saturated carbocycles. The predicted molar refractivity (Wildman–Crippen MR) is 126 cm³/mol. The topological polar surface area (TPSA) is 80.3 Å². The summed E-state index contributed by atoms with van der Waals surface area (Å²) in [6.45, 7) is 5.08. The van der Waals surface area contributed by atoms with Gasteiger partial charge in [-0.05, 0) is 35.2 Å². The number of hydrogen-bond acceptors (Lipinski definition) is 6. The van der Waals surface area contributed by atoms with Gasteiger partial charge in [-0.3, -0.25) is 14.5 Å². The number of benzene rings is 2. The fourth-order valence-electron chi connectivity index (χ4n) is 5.40. The Labute approximate surface area is 199 Å². The highest BCUT2D eigenvalue weighted by Gasteiger charge is 2.46. The molecule has 5 rings (SSSR count). The number of methoxy groups -OCH3 is 2. The molecule has 0 aromatic heterocycles. The summed E-state index contributed by atoms with van der Waals surface area (Å²) in [4.78, 5) is 31.5. The van der Waals surface area contributed by atoms with Gasteiger partial charge in [0.1, 0.15) is 0 Å². The summed E-state index contributed by atoms with van der Waals surface area (Å²) < 4.78 is 16.4. The molecule has 1 fully saturated rings. The van der Waals surface area contributed by atoms with Crippen LogP contribution in [0.1, 0.15) is 39.0 Å². The minimum Gasteiger partial charge on any atom is -0.493 e. The third-order valence-corrected chi connectivity index (χ3v) is 7.14. The van der Waals surface area contributed by atoms with Crippen molar-refractivity contribution < 1.29 is 23.8 Å². The first-order chi connectivity index (χ1) is 16.6. The number of ether oxygens (including phenoxy) is 3. The van der Waals surface area contributed by atoms with E-state index in [2.05, 4.69) is 16.3 Å². The second-order valence-corrected chi connectivity index (χ2v) is 8.91. The molecule has 3 heterocycles. The summed E-state index contributed by atoms with van der Waals surface area (Å²) in [7, 11) is 3.11. The number of rotatable bonds is 6. The molecule has 2 aromatic rings. The SMILES string of the molecule is COc1cc2c(cc1OC)[C@H](C(=O)NCCN1CCOCC1)[C@@H]1c3ccccc3CCN1C2=O. The van der Waals surface area contributed by atoms with Crippen molar-refractivity contribution in [3.63, 3.8) is 0 Å². The van der Waals surface area contributed by atoms with Crippen LogP contribution in [0.2, 0.25) is 0 Å². The van der Waals surface area contributed by atoms with Crippen LogP contribution in [-0.4, -0.2) is 81.8 Å². The lowest BCUT2D eigenvalue weighted by Crippen LogP contribution is -2.50. The van der Waals surface area contributed by atoms with E-state index in [1.807, 2.05) is 23.1 Å². The van der Waals surface area contributed by atoms with Crippen molar-refractivity contribution in [1.29, 1.82) is 0 Å². The van der Waals surface area contributed by atoms with Crippen LogP contribution in [0, 0.1) is 0 Å². The van der Waals surface area contributed by atoms with Crippen molar-refractivity contribution >= 4 is 11.8 Å². The number of carbonyl (C=O) groups is 2. The largest absolute Gasteiger partial charge is 0.493 e. The molecule has 0 unspecified atom stereocenters.